The van der Waals surface area contributed by atoms with Crippen molar-refractivity contribution in [2.45, 2.75) is 31.2 Å². The molecule has 1 aromatic rings. The molecule has 0 N–H and O–H groups in total. The van der Waals surface area contributed by atoms with Crippen molar-refractivity contribution in [2.75, 3.05) is 6.54 Å². The second kappa shape index (κ2) is 4.86. The lowest BCUT2D eigenvalue weighted by molar-refractivity contribution is 0.332. The first-order valence-electron chi connectivity index (χ1n) is 6.92. The van der Waals surface area contributed by atoms with Crippen LogP contribution < -0.4 is 0 Å². The average molecular weight is 289 g/mol. The highest BCUT2D eigenvalue weighted by atomic mass is 32.2. The second-order valence-electron chi connectivity index (χ2n) is 5.64. The Morgan fingerprint density at radius 2 is 1.85 bits per heavy atom. The van der Waals surface area contributed by atoms with E-state index in [2.05, 4.69) is 25.2 Å². The van der Waals surface area contributed by atoms with E-state index in [1.165, 1.54) is 5.57 Å². The maximum absolute atomic E-state index is 12.8. The van der Waals surface area contributed by atoms with Crippen LogP contribution in [0.3, 0.4) is 0 Å². The molecule has 1 aromatic carbocycles. The van der Waals surface area contributed by atoms with Crippen molar-refractivity contribution in [3.8, 4) is 0 Å². The summed E-state index contributed by atoms with van der Waals surface area (Å²) in [7, 11) is -3.41. The molecule has 2 atom stereocenters. The van der Waals surface area contributed by atoms with Gasteiger partial charge >= 0.3 is 0 Å². The maximum atomic E-state index is 12.8. The third-order valence-corrected chi connectivity index (χ3v) is 6.07. The molecular weight excluding hydrogens is 270 g/mol. The molecule has 4 heteroatoms. The number of sulfonamides is 1. The van der Waals surface area contributed by atoms with Crippen LogP contribution in [0.2, 0.25) is 0 Å². The minimum Gasteiger partial charge on any atom is -0.207 e. The lowest BCUT2D eigenvalue weighted by atomic mass is 9.97. The Balaban J connectivity index is 1.99. The van der Waals surface area contributed by atoms with Crippen molar-refractivity contribution in [3.63, 3.8) is 0 Å². The monoisotopic (exact) mass is 289 g/mol. The van der Waals surface area contributed by atoms with Gasteiger partial charge in [0.15, 0.2) is 0 Å². The predicted molar refractivity (Wildman–Crippen MR) is 79.9 cm³/mol. The van der Waals surface area contributed by atoms with Gasteiger partial charge in [-0.2, -0.15) is 4.31 Å². The zero-order valence-electron chi connectivity index (χ0n) is 11.8. The van der Waals surface area contributed by atoms with Gasteiger partial charge < -0.3 is 0 Å². The number of hydrogen-bond acceptors (Lipinski definition) is 2. The van der Waals surface area contributed by atoms with E-state index in [0.717, 1.165) is 12.0 Å². The highest BCUT2D eigenvalue weighted by molar-refractivity contribution is 7.89. The van der Waals surface area contributed by atoms with E-state index in [1.807, 2.05) is 19.1 Å². The third kappa shape index (κ3) is 2.23. The van der Waals surface area contributed by atoms with Gasteiger partial charge in [0, 0.05) is 18.5 Å². The van der Waals surface area contributed by atoms with Gasteiger partial charge in [0.2, 0.25) is 10.0 Å². The summed E-state index contributed by atoms with van der Waals surface area (Å²) in [6.45, 7) is 4.60. The molecule has 106 valence electrons. The highest BCUT2D eigenvalue weighted by Gasteiger charge is 2.36. The Bertz CT molecular complexity index is 671. The van der Waals surface area contributed by atoms with Gasteiger partial charge in [-0.15, -0.1) is 0 Å². The largest absolute Gasteiger partial charge is 0.243 e. The topological polar surface area (TPSA) is 37.4 Å². The normalized spacial score (nSPS) is 26.4. The highest BCUT2D eigenvalue weighted by Crippen LogP contribution is 2.32. The molecule has 0 fully saturated rings. The minimum atomic E-state index is -3.41. The Kier molecular flexibility index (Phi) is 3.30. The minimum absolute atomic E-state index is 0.0451. The molecule has 0 radical (unpaired) electrons. The Morgan fingerprint density at radius 3 is 2.55 bits per heavy atom. The van der Waals surface area contributed by atoms with Gasteiger partial charge in [-0.1, -0.05) is 41.5 Å². The van der Waals surface area contributed by atoms with Crippen LogP contribution >= 0.6 is 0 Å². The van der Waals surface area contributed by atoms with E-state index in [0.29, 0.717) is 11.4 Å². The van der Waals surface area contributed by atoms with Gasteiger partial charge in [0.25, 0.3) is 0 Å². The fourth-order valence-corrected chi connectivity index (χ4v) is 4.50. The number of hydrogen-bond donors (Lipinski definition) is 0. The van der Waals surface area contributed by atoms with Crippen LogP contribution in [-0.2, 0) is 10.0 Å². The van der Waals surface area contributed by atoms with Crippen molar-refractivity contribution in [3.05, 3.63) is 53.6 Å². The first-order valence-corrected chi connectivity index (χ1v) is 8.36. The predicted octanol–water partition coefficient (Wildman–Crippen LogP) is 2.89. The molecule has 3 aliphatic rings. The first-order chi connectivity index (χ1) is 9.48. The molecule has 0 spiro atoms. The Labute approximate surface area is 120 Å². The Morgan fingerprint density at radius 1 is 1.15 bits per heavy atom. The SMILES string of the molecule is CC1=CC2CC=CC1CN2S(=O)(=O)c1ccc(C)cc1. The summed E-state index contributed by atoms with van der Waals surface area (Å²) in [5.74, 6) is 0.217. The number of nitrogens with zero attached hydrogens (tertiary/aromatic N) is 1. The van der Waals surface area contributed by atoms with Crippen LogP contribution in [0.1, 0.15) is 18.9 Å². The molecule has 1 aliphatic carbocycles. The third-order valence-electron chi connectivity index (χ3n) is 4.16. The zero-order chi connectivity index (χ0) is 14.3. The summed E-state index contributed by atoms with van der Waals surface area (Å²) < 4.78 is 27.3. The van der Waals surface area contributed by atoms with Gasteiger partial charge in [-0.25, -0.2) is 8.42 Å². The summed E-state index contributed by atoms with van der Waals surface area (Å²) in [6.07, 6.45) is 7.10. The van der Waals surface area contributed by atoms with Crippen LogP contribution in [-0.4, -0.2) is 25.3 Å². The van der Waals surface area contributed by atoms with Crippen molar-refractivity contribution >= 4 is 10.0 Å². The summed E-state index contributed by atoms with van der Waals surface area (Å²) in [6, 6.07) is 7.06. The van der Waals surface area contributed by atoms with Crippen LogP contribution in [0.4, 0.5) is 0 Å². The molecule has 2 bridgehead atoms. The van der Waals surface area contributed by atoms with Crippen molar-refractivity contribution < 1.29 is 8.42 Å². The zero-order valence-corrected chi connectivity index (χ0v) is 12.6. The van der Waals surface area contributed by atoms with E-state index in [1.54, 1.807) is 16.4 Å². The fraction of sp³-hybridized carbons (Fsp3) is 0.375. The molecule has 0 saturated heterocycles. The summed E-state index contributed by atoms with van der Waals surface area (Å²) >= 11 is 0. The number of aryl methyl sites for hydroxylation is 1. The van der Waals surface area contributed by atoms with Crippen LogP contribution in [0.15, 0.2) is 53.0 Å². The van der Waals surface area contributed by atoms with E-state index in [4.69, 9.17) is 0 Å². The second-order valence-corrected chi connectivity index (χ2v) is 7.53. The standard InChI is InChI=1S/C16H19NO2S/c1-12-6-8-16(9-7-12)20(18,19)17-11-14-4-3-5-15(17)10-13(14)2/h3-4,6-10,14-15H,5,11H2,1-2H3. The van der Waals surface area contributed by atoms with E-state index >= 15 is 0 Å². The van der Waals surface area contributed by atoms with Crippen molar-refractivity contribution in [1.82, 2.24) is 4.31 Å². The van der Waals surface area contributed by atoms with Gasteiger partial charge in [-0.3, -0.25) is 0 Å². The van der Waals surface area contributed by atoms with Crippen LogP contribution in [0.5, 0.6) is 0 Å². The summed E-state index contributed by atoms with van der Waals surface area (Å²) in [4.78, 5) is 0.390. The average Bonchev–Trinajstić information content (AvgIpc) is 2.72. The van der Waals surface area contributed by atoms with E-state index in [-0.39, 0.29) is 12.0 Å². The van der Waals surface area contributed by atoms with Crippen LogP contribution in [0.25, 0.3) is 0 Å². The molecule has 4 rings (SSSR count). The number of rotatable bonds is 2. The van der Waals surface area contributed by atoms with Gasteiger partial charge in [0.1, 0.15) is 0 Å². The molecule has 0 aromatic heterocycles. The van der Waals surface area contributed by atoms with Gasteiger partial charge in [0.05, 0.1) is 4.90 Å². The molecule has 2 aliphatic heterocycles. The molecule has 0 saturated carbocycles. The molecule has 0 amide bonds. The van der Waals surface area contributed by atoms with Crippen LogP contribution in [0, 0.1) is 12.8 Å². The Hall–Kier alpha value is -1.39. The quantitative estimate of drug-likeness (QED) is 0.785. The number of benzene rings is 1. The fourth-order valence-electron chi connectivity index (χ4n) is 2.89. The van der Waals surface area contributed by atoms with E-state index in [9.17, 15) is 8.42 Å². The van der Waals surface area contributed by atoms with E-state index < -0.39 is 10.0 Å². The molecule has 2 unspecified atom stereocenters. The smallest absolute Gasteiger partial charge is 0.207 e. The number of fused-ring (bicyclic) bond motifs is 2. The molecule has 2 heterocycles. The lowest BCUT2D eigenvalue weighted by Crippen LogP contribution is -2.43. The maximum Gasteiger partial charge on any atom is 0.243 e. The van der Waals surface area contributed by atoms with Gasteiger partial charge in [-0.05, 0) is 32.4 Å². The van der Waals surface area contributed by atoms with Crippen molar-refractivity contribution in [2.24, 2.45) is 5.92 Å². The molecule has 3 nitrogen and oxygen atoms in total. The van der Waals surface area contributed by atoms with Crippen molar-refractivity contribution in [1.29, 1.82) is 0 Å². The lowest BCUT2D eigenvalue weighted by Gasteiger charge is -2.34. The molecule has 20 heavy (non-hydrogen) atoms. The first kappa shape index (κ1) is 13.6. The summed E-state index contributed by atoms with van der Waals surface area (Å²) in [5.41, 5.74) is 2.35. The molecular formula is C16H19NO2S. The summed E-state index contributed by atoms with van der Waals surface area (Å²) in [5, 5.41) is 0.